The van der Waals surface area contributed by atoms with Gasteiger partial charge in [-0.2, -0.15) is 0 Å². The summed E-state index contributed by atoms with van der Waals surface area (Å²) in [5.41, 5.74) is 4.83. The second-order valence-corrected chi connectivity index (χ2v) is 11.2. The van der Waals surface area contributed by atoms with Crippen molar-refractivity contribution in [3.8, 4) is 5.75 Å². The van der Waals surface area contributed by atoms with E-state index in [0.29, 0.717) is 26.4 Å². The van der Waals surface area contributed by atoms with Crippen molar-refractivity contribution in [3.63, 3.8) is 0 Å². The van der Waals surface area contributed by atoms with Crippen molar-refractivity contribution in [2.45, 2.75) is 40.0 Å². The third kappa shape index (κ3) is 5.63. The van der Waals surface area contributed by atoms with Crippen LogP contribution in [0.4, 0.5) is 10.1 Å². The quantitative estimate of drug-likeness (QED) is 0.264. The number of carbonyl (C=O) groups is 1. The van der Waals surface area contributed by atoms with Crippen molar-refractivity contribution in [1.82, 2.24) is 0 Å². The van der Waals surface area contributed by atoms with E-state index in [1.807, 2.05) is 12.1 Å². The zero-order valence-electron chi connectivity index (χ0n) is 21.9. The van der Waals surface area contributed by atoms with Gasteiger partial charge in [0.2, 0.25) is 0 Å². The highest BCUT2D eigenvalue weighted by molar-refractivity contribution is 6.42. The van der Waals surface area contributed by atoms with Crippen molar-refractivity contribution < 1.29 is 13.9 Å². The molecule has 0 spiro atoms. The maximum Gasteiger partial charge on any atom is 0.159 e. The topological polar surface area (TPSA) is 29.5 Å². The zero-order valence-corrected chi connectivity index (χ0v) is 24.2. The molecule has 3 nitrogen and oxygen atoms in total. The minimum atomic E-state index is -0.496. The standard InChI is InChI=1S/C31H29Cl3FNO2/c1-18-14-30(31(4,5)22-7-12-25(32)26(33)16-22)36(24-10-8-23(35)9-11-24)28(19(18)2)17-38-29-13-6-21(20(3)37)15-27(29)34/h6-16,18H,17H2,1-5H3. The lowest BCUT2D eigenvalue weighted by atomic mass is 9.77. The van der Waals surface area contributed by atoms with Crippen LogP contribution in [0.5, 0.6) is 5.75 Å². The minimum absolute atomic E-state index is 0.0695. The van der Waals surface area contributed by atoms with Crippen LogP contribution in [0.15, 0.2) is 83.7 Å². The molecule has 3 aromatic carbocycles. The first-order valence-electron chi connectivity index (χ1n) is 12.3. The first-order chi connectivity index (χ1) is 17.9. The zero-order chi connectivity index (χ0) is 27.8. The van der Waals surface area contributed by atoms with Crippen LogP contribution < -0.4 is 9.64 Å². The number of hydrogen-bond acceptors (Lipinski definition) is 3. The van der Waals surface area contributed by atoms with Gasteiger partial charge in [0.1, 0.15) is 18.2 Å². The number of hydrogen-bond donors (Lipinski definition) is 0. The van der Waals surface area contributed by atoms with Gasteiger partial charge >= 0.3 is 0 Å². The monoisotopic (exact) mass is 571 g/mol. The predicted molar refractivity (Wildman–Crippen MR) is 155 cm³/mol. The van der Waals surface area contributed by atoms with Crippen molar-refractivity contribution in [2.24, 2.45) is 5.92 Å². The lowest BCUT2D eigenvalue weighted by molar-refractivity contribution is 0.101. The van der Waals surface area contributed by atoms with Gasteiger partial charge in [-0.1, -0.05) is 67.7 Å². The molecule has 0 bridgehead atoms. The Kier molecular flexibility index (Phi) is 8.27. The van der Waals surface area contributed by atoms with Crippen molar-refractivity contribution in [3.05, 3.63) is 116 Å². The van der Waals surface area contributed by atoms with Gasteiger partial charge in [-0.25, -0.2) is 4.39 Å². The molecule has 0 saturated heterocycles. The predicted octanol–water partition coefficient (Wildman–Crippen LogP) is 9.66. The fraction of sp³-hybridized carbons (Fsp3) is 0.258. The first-order valence-corrected chi connectivity index (χ1v) is 13.4. The number of ketones is 1. The number of halogens is 4. The Morgan fingerprint density at radius 3 is 2.26 bits per heavy atom. The highest BCUT2D eigenvalue weighted by Gasteiger charge is 2.36. The number of anilines is 1. The maximum absolute atomic E-state index is 13.9. The summed E-state index contributed by atoms with van der Waals surface area (Å²) >= 11 is 19.1. The van der Waals surface area contributed by atoms with Crippen molar-refractivity contribution in [2.75, 3.05) is 11.5 Å². The number of rotatable bonds is 7. The van der Waals surface area contributed by atoms with Gasteiger partial charge in [-0.3, -0.25) is 4.79 Å². The largest absolute Gasteiger partial charge is 0.486 e. The van der Waals surface area contributed by atoms with E-state index < -0.39 is 5.41 Å². The SMILES string of the molecule is CC(=O)c1ccc(OCC2=C(C)C(C)C=C(C(C)(C)c3ccc(Cl)c(Cl)c3)N2c2ccc(F)cc2)c(Cl)c1. The fourth-order valence-electron chi connectivity index (χ4n) is 4.59. The van der Waals surface area contributed by atoms with Gasteiger partial charge in [0.05, 0.1) is 20.8 Å². The molecular formula is C31H29Cl3FNO2. The van der Waals surface area contributed by atoms with Gasteiger partial charge in [0, 0.05) is 22.4 Å². The Hall–Kier alpha value is -2.79. The Morgan fingerprint density at radius 2 is 1.66 bits per heavy atom. The summed E-state index contributed by atoms with van der Waals surface area (Å²) in [4.78, 5) is 13.9. The van der Waals surface area contributed by atoms with Crippen LogP contribution in [-0.2, 0) is 5.41 Å². The summed E-state index contributed by atoms with van der Waals surface area (Å²) in [6.07, 6.45) is 2.22. The lowest BCUT2D eigenvalue weighted by Gasteiger charge is -2.43. The Morgan fingerprint density at radius 1 is 0.974 bits per heavy atom. The number of nitrogens with zero attached hydrogens (tertiary/aromatic N) is 1. The smallest absolute Gasteiger partial charge is 0.159 e. The van der Waals surface area contributed by atoms with Gasteiger partial charge in [0.15, 0.2) is 5.78 Å². The summed E-state index contributed by atoms with van der Waals surface area (Å²) in [6.45, 7) is 10.2. The summed E-state index contributed by atoms with van der Waals surface area (Å²) in [5.74, 6) is 0.200. The molecule has 1 heterocycles. The molecule has 1 unspecified atom stereocenters. The van der Waals surface area contributed by atoms with E-state index in [1.165, 1.54) is 19.1 Å². The van der Waals surface area contributed by atoms with Crippen molar-refractivity contribution >= 4 is 46.3 Å². The molecule has 0 radical (unpaired) electrons. The van der Waals surface area contributed by atoms with Crippen LogP contribution in [0.3, 0.4) is 0 Å². The van der Waals surface area contributed by atoms with E-state index in [0.717, 1.165) is 28.2 Å². The molecule has 4 rings (SSSR count). The molecule has 1 aliphatic rings. The number of allylic oxidation sites excluding steroid dienone is 3. The molecule has 0 saturated carbocycles. The molecule has 198 valence electrons. The van der Waals surface area contributed by atoms with Gasteiger partial charge < -0.3 is 9.64 Å². The number of carbonyl (C=O) groups excluding carboxylic acids is 1. The molecule has 0 aliphatic carbocycles. The van der Waals surface area contributed by atoms with Crippen LogP contribution in [-0.4, -0.2) is 12.4 Å². The highest BCUT2D eigenvalue weighted by atomic mass is 35.5. The average Bonchev–Trinajstić information content (AvgIpc) is 2.87. The number of benzene rings is 3. The molecule has 38 heavy (non-hydrogen) atoms. The maximum atomic E-state index is 13.9. The highest BCUT2D eigenvalue weighted by Crippen LogP contribution is 2.44. The summed E-state index contributed by atoms with van der Waals surface area (Å²) < 4.78 is 20.2. The molecule has 0 fully saturated rings. The lowest BCUT2D eigenvalue weighted by Crippen LogP contribution is -2.39. The average molecular weight is 573 g/mol. The summed E-state index contributed by atoms with van der Waals surface area (Å²) in [5, 5.41) is 1.33. The number of Topliss-reactive ketones (excluding diaryl/α,β-unsaturated/α-hetero) is 1. The van der Waals surface area contributed by atoms with Crippen LogP contribution in [0.25, 0.3) is 0 Å². The van der Waals surface area contributed by atoms with E-state index in [-0.39, 0.29) is 24.1 Å². The van der Waals surface area contributed by atoms with Crippen molar-refractivity contribution in [1.29, 1.82) is 0 Å². The van der Waals surface area contributed by atoms with E-state index in [9.17, 15) is 9.18 Å². The third-order valence-corrected chi connectivity index (χ3v) is 8.16. The van der Waals surface area contributed by atoms with Gasteiger partial charge in [-0.05, 0) is 85.5 Å². The number of ether oxygens (including phenoxy) is 1. The summed E-state index contributed by atoms with van der Waals surface area (Å²) in [7, 11) is 0. The fourth-order valence-corrected chi connectivity index (χ4v) is 5.12. The van der Waals surface area contributed by atoms with Crippen LogP contribution in [0.1, 0.15) is 50.5 Å². The molecule has 0 aromatic heterocycles. The van der Waals surface area contributed by atoms with E-state index in [1.54, 1.807) is 36.4 Å². The minimum Gasteiger partial charge on any atom is -0.486 e. The second kappa shape index (κ2) is 11.1. The molecule has 3 aromatic rings. The molecule has 0 amide bonds. The Balaban J connectivity index is 1.78. The molecule has 0 N–H and O–H groups in total. The molecule has 1 aliphatic heterocycles. The van der Waals surface area contributed by atoms with Crippen LogP contribution in [0.2, 0.25) is 15.1 Å². The van der Waals surface area contributed by atoms with Crippen LogP contribution >= 0.6 is 34.8 Å². The third-order valence-electron chi connectivity index (χ3n) is 7.13. The van der Waals surface area contributed by atoms with E-state index in [2.05, 4.69) is 38.7 Å². The Bertz CT molecular complexity index is 1440. The molecule has 7 heteroatoms. The second-order valence-electron chi connectivity index (χ2n) is 10.0. The van der Waals surface area contributed by atoms with E-state index >= 15 is 0 Å². The first kappa shape index (κ1) is 28.2. The van der Waals surface area contributed by atoms with Crippen LogP contribution in [0, 0.1) is 11.7 Å². The Labute approximate surface area is 238 Å². The normalized spacial score (nSPS) is 16.0. The molecular weight excluding hydrogens is 544 g/mol. The van der Waals surface area contributed by atoms with Gasteiger partial charge in [-0.15, -0.1) is 0 Å². The summed E-state index contributed by atoms with van der Waals surface area (Å²) in [6, 6.07) is 17.1. The van der Waals surface area contributed by atoms with E-state index in [4.69, 9.17) is 39.5 Å². The van der Waals surface area contributed by atoms with Gasteiger partial charge in [0.25, 0.3) is 0 Å². The molecule has 1 atom stereocenters.